The van der Waals surface area contributed by atoms with E-state index in [2.05, 4.69) is 35.9 Å². The van der Waals surface area contributed by atoms with Crippen molar-refractivity contribution >= 4 is 5.96 Å². The molecule has 1 rings (SSSR count). The summed E-state index contributed by atoms with van der Waals surface area (Å²) in [5, 5.41) is 3.05. The molecule has 4 heteroatoms. The number of hydrogen-bond acceptors (Lipinski definition) is 2. The van der Waals surface area contributed by atoms with Gasteiger partial charge in [-0.3, -0.25) is 4.99 Å². The van der Waals surface area contributed by atoms with Crippen molar-refractivity contribution in [1.82, 2.24) is 10.2 Å². The van der Waals surface area contributed by atoms with E-state index in [1.807, 2.05) is 6.92 Å². The highest BCUT2D eigenvalue weighted by Crippen LogP contribution is 2.36. The quantitative estimate of drug-likeness (QED) is 0.415. The van der Waals surface area contributed by atoms with E-state index in [9.17, 15) is 0 Å². The van der Waals surface area contributed by atoms with Gasteiger partial charge < -0.3 is 16.0 Å². The summed E-state index contributed by atoms with van der Waals surface area (Å²) in [6.45, 7) is 7.26. The first kappa shape index (κ1) is 13.0. The van der Waals surface area contributed by atoms with Crippen LogP contribution >= 0.6 is 0 Å². The van der Waals surface area contributed by atoms with Gasteiger partial charge in [-0.25, -0.2) is 0 Å². The Balaban J connectivity index is 2.41. The van der Waals surface area contributed by atoms with Gasteiger partial charge in [0.15, 0.2) is 5.96 Å². The first-order valence-corrected chi connectivity index (χ1v) is 5.82. The van der Waals surface area contributed by atoms with Gasteiger partial charge in [-0.05, 0) is 40.3 Å². The van der Waals surface area contributed by atoms with E-state index < -0.39 is 0 Å². The lowest BCUT2D eigenvalue weighted by Gasteiger charge is -2.46. The van der Waals surface area contributed by atoms with Gasteiger partial charge in [0.2, 0.25) is 0 Å². The van der Waals surface area contributed by atoms with Crippen molar-refractivity contribution in [2.75, 3.05) is 27.2 Å². The molecule has 1 aliphatic carbocycles. The summed E-state index contributed by atoms with van der Waals surface area (Å²) >= 11 is 0. The highest BCUT2D eigenvalue weighted by Gasteiger charge is 2.38. The zero-order valence-corrected chi connectivity index (χ0v) is 10.7. The Bertz CT molecular complexity index is 277. The zero-order valence-electron chi connectivity index (χ0n) is 10.7. The predicted octanol–water partition coefficient (Wildman–Crippen LogP) is 0.951. The fourth-order valence-electron chi connectivity index (χ4n) is 1.86. The van der Waals surface area contributed by atoms with Crippen LogP contribution in [-0.4, -0.2) is 43.6 Å². The molecule has 92 valence electrons. The van der Waals surface area contributed by atoms with E-state index in [1.54, 1.807) is 0 Å². The standard InChI is InChI=1S/C12H24N4/c1-10(2)8-14-11(13)15-9-12(16(3)4)6-5-7-12/h1,5-9H2,2-4H3,(H3,13,14,15). The molecule has 0 bridgehead atoms. The SMILES string of the molecule is C=C(C)CNC(N)=NCC1(N(C)C)CCC1. The van der Waals surface area contributed by atoms with Gasteiger partial charge in [-0.1, -0.05) is 12.2 Å². The molecule has 0 aromatic heterocycles. The van der Waals surface area contributed by atoms with E-state index in [4.69, 9.17) is 5.73 Å². The van der Waals surface area contributed by atoms with Crippen molar-refractivity contribution in [2.24, 2.45) is 10.7 Å². The molecule has 0 saturated heterocycles. The molecular weight excluding hydrogens is 200 g/mol. The molecule has 0 atom stereocenters. The topological polar surface area (TPSA) is 53.6 Å². The van der Waals surface area contributed by atoms with Gasteiger partial charge >= 0.3 is 0 Å². The molecule has 0 radical (unpaired) electrons. The molecule has 0 amide bonds. The van der Waals surface area contributed by atoms with Crippen LogP contribution < -0.4 is 11.1 Å². The number of likely N-dealkylation sites (N-methyl/N-ethyl adjacent to an activating group) is 1. The van der Waals surface area contributed by atoms with Gasteiger partial charge in [0, 0.05) is 12.1 Å². The summed E-state index contributed by atoms with van der Waals surface area (Å²) in [6.07, 6.45) is 3.74. The molecule has 0 unspecified atom stereocenters. The molecule has 3 N–H and O–H groups in total. The van der Waals surface area contributed by atoms with Crippen LogP contribution in [-0.2, 0) is 0 Å². The van der Waals surface area contributed by atoms with Crippen molar-refractivity contribution in [3.63, 3.8) is 0 Å². The number of nitrogens with two attached hydrogens (primary N) is 1. The second-order valence-electron chi connectivity index (χ2n) is 4.98. The molecule has 0 heterocycles. The molecule has 4 nitrogen and oxygen atoms in total. The second kappa shape index (κ2) is 5.34. The largest absolute Gasteiger partial charge is 0.370 e. The second-order valence-corrected chi connectivity index (χ2v) is 4.98. The fraction of sp³-hybridized carbons (Fsp3) is 0.750. The monoisotopic (exact) mass is 224 g/mol. The van der Waals surface area contributed by atoms with Crippen molar-refractivity contribution in [2.45, 2.75) is 31.7 Å². The van der Waals surface area contributed by atoms with E-state index in [-0.39, 0.29) is 5.54 Å². The Morgan fingerprint density at radius 2 is 2.12 bits per heavy atom. The van der Waals surface area contributed by atoms with Gasteiger partial charge in [-0.2, -0.15) is 0 Å². The number of aliphatic imine (C=N–C) groups is 1. The third-order valence-electron chi connectivity index (χ3n) is 3.35. The Labute approximate surface area is 98.6 Å². The molecule has 0 aromatic carbocycles. The number of nitrogens with one attached hydrogen (secondary N) is 1. The van der Waals surface area contributed by atoms with Gasteiger partial charge in [0.05, 0.1) is 6.54 Å². The van der Waals surface area contributed by atoms with Crippen LogP contribution in [0.25, 0.3) is 0 Å². The zero-order chi connectivity index (χ0) is 12.2. The predicted molar refractivity (Wildman–Crippen MR) is 69.6 cm³/mol. The third-order valence-corrected chi connectivity index (χ3v) is 3.35. The van der Waals surface area contributed by atoms with E-state index in [0.29, 0.717) is 12.5 Å². The summed E-state index contributed by atoms with van der Waals surface area (Å²) in [5.74, 6) is 0.524. The Kier molecular flexibility index (Phi) is 4.35. The number of hydrogen-bond donors (Lipinski definition) is 2. The highest BCUT2D eigenvalue weighted by molar-refractivity contribution is 5.78. The molecule has 0 aromatic rings. The Morgan fingerprint density at radius 1 is 1.50 bits per heavy atom. The molecule has 1 saturated carbocycles. The average Bonchev–Trinajstić information content (AvgIpc) is 2.12. The smallest absolute Gasteiger partial charge is 0.188 e. The van der Waals surface area contributed by atoms with Crippen LogP contribution in [0.5, 0.6) is 0 Å². The average molecular weight is 224 g/mol. The summed E-state index contributed by atoms with van der Waals surface area (Å²) in [5.41, 5.74) is 7.09. The Morgan fingerprint density at radius 3 is 2.50 bits per heavy atom. The van der Waals surface area contributed by atoms with E-state index >= 15 is 0 Å². The lowest BCUT2D eigenvalue weighted by molar-refractivity contribution is 0.0699. The molecule has 16 heavy (non-hydrogen) atoms. The van der Waals surface area contributed by atoms with Crippen molar-refractivity contribution in [3.8, 4) is 0 Å². The minimum Gasteiger partial charge on any atom is -0.370 e. The van der Waals surface area contributed by atoms with Crippen LogP contribution in [0, 0.1) is 0 Å². The lowest BCUT2D eigenvalue weighted by Crippen LogP contribution is -2.53. The maximum Gasteiger partial charge on any atom is 0.188 e. The van der Waals surface area contributed by atoms with Crippen LogP contribution in [0.15, 0.2) is 17.1 Å². The van der Waals surface area contributed by atoms with Crippen molar-refractivity contribution < 1.29 is 0 Å². The van der Waals surface area contributed by atoms with Crippen molar-refractivity contribution in [3.05, 3.63) is 12.2 Å². The van der Waals surface area contributed by atoms with Crippen molar-refractivity contribution in [1.29, 1.82) is 0 Å². The van der Waals surface area contributed by atoms with Gasteiger partial charge in [0.25, 0.3) is 0 Å². The summed E-state index contributed by atoms with van der Waals surface area (Å²) < 4.78 is 0. The Hall–Kier alpha value is -1.03. The van der Waals surface area contributed by atoms with Crippen LogP contribution in [0.3, 0.4) is 0 Å². The van der Waals surface area contributed by atoms with Crippen LogP contribution in [0.1, 0.15) is 26.2 Å². The van der Waals surface area contributed by atoms with Crippen LogP contribution in [0.2, 0.25) is 0 Å². The molecule has 1 fully saturated rings. The number of guanidine groups is 1. The first-order valence-electron chi connectivity index (χ1n) is 5.82. The maximum atomic E-state index is 5.79. The van der Waals surface area contributed by atoms with E-state index in [1.165, 1.54) is 19.3 Å². The third kappa shape index (κ3) is 3.23. The highest BCUT2D eigenvalue weighted by atomic mass is 15.2. The fourth-order valence-corrected chi connectivity index (χ4v) is 1.86. The summed E-state index contributed by atoms with van der Waals surface area (Å²) in [6, 6.07) is 0. The maximum absolute atomic E-state index is 5.79. The summed E-state index contributed by atoms with van der Waals surface area (Å²) in [7, 11) is 4.23. The minimum atomic E-state index is 0.246. The molecule has 0 aliphatic heterocycles. The normalized spacial score (nSPS) is 19.4. The van der Waals surface area contributed by atoms with Gasteiger partial charge in [-0.15, -0.1) is 0 Å². The molecular formula is C12H24N4. The van der Waals surface area contributed by atoms with E-state index in [0.717, 1.165) is 12.1 Å². The van der Waals surface area contributed by atoms with Crippen LogP contribution in [0.4, 0.5) is 0 Å². The van der Waals surface area contributed by atoms with Gasteiger partial charge in [0.1, 0.15) is 0 Å². The number of rotatable bonds is 5. The lowest BCUT2D eigenvalue weighted by atomic mass is 9.76. The molecule has 1 aliphatic rings. The number of nitrogens with zero attached hydrogens (tertiary/aromatic N) is 2. The molecule has 0 spiro atoms. The minimum absolute atomic E-state index is 0.246. The first-order chi connectivity index (χ1) is 7.46. The summed E-state index contributed by atoms with van der Waals surface area (Å²) in [4.78, 5) is 6.68.